The lowest BCUT2D eigenvalue weighted by Gasteiger charge is -2.30. The molecule has 1 fully saturated rings. The number of carbonyl (C=O) groups excluding carboxylic acids is 1. The molecule has 1 aromatic heterocycles. The standard InChI is InChI=1S/C23H26ClN3O4S2/c24-19-3-1-18-16-21(4-2-17(18)15-19)33(30,31)14-7-22(29)26-8-5-20(6-9-26)25-23-27(10-12-28)11-13-32-23/h1-4,11,13,15-16,20,28H,5-10,12,14H2. The van der Waals surface area contributed by atoms with Gasteiger partial charge in [0, 0.05) is 42.7 Å². The van der Waals surface area contributed by atoms with Crippen LogP contribution in [0.5, 0.6) is 0 Å². The number of rotatable bonds is 7. The highest BCUT2D eigenvalue weighted by atomic mass is 35.5. The molecule has 2 heterocycles. The van der Waals surface area contributed by atoms with E-state index in [1.807, 2.05) is 16.1 Å². The SMILES string of the molecule is O=C(CCS(=O)(=O)c1ccc2cc(Cl)ccc2c1)N1CCC(N=c2sccn2CCO)CC1. The van der Waals surface area contributed by atoms with Crippen molar-refractivity contribution in [1.29, 1.82) is 0 Å². The molecule has 0 saturated carbocycles. The molecule has 0 bridgehead atoms. The lowest BCUT2D eigenvalue weighted by Crippen LogP contribution is -2.40. The van der Waals surface area contributed by atoms with Crippen molar-refractivity contribution in [2.75, 3.05) is 25.4 Å². The normalized spacial score (nSPS) is 15.9. The van der Waals surface area contributed by atoms with Gasteiger partial charge in [-0.15, -0.1) is 11.3 Å². The van der Waals surface area contributed by atoms with Gasteiger partial charge in [-0.2, -0.15) is 0 Å². The number of aromatic nitrogens is 1. The fourth-order valence-electron chi connectivity index (χ4n) is 3.97. The quantitative estimate of drug-likeness (QED) is 0.532. The molecule has 0 atom stereocenters. The van der Waals surface area contributed by atoms with Gasteiger partial charge in [-0.1, -0.05) is 23.7 Å². The summed E-state index contributed by atoms with van der Waals surface area (Å²) in [5.74, 6) is -0.359. The average molecular weight is 508 g/mol. The first-order valence-corrected chi connectivity index (χ1v) is 13.8. The molecule has 0 radical (unpaired) electrons. The molecule has 4 rings (SSSR count). The Morgan fingerprint density at radius 2 is 1.88 bits per heavy atom. The van der Waals surface area contributed by atoms with Crippen LogP contribution in [0.25, 0.3) is 10.8 Å². The number of benzene rings is 2. The third-order valence-corrected chi connectivity index (χ3v) is 8.59. The number of likely N-dealkylation sites (tertiary alicyclic amines) is 1. The highest BCUT2D eigenvalue weighted by molar-refractivity contribution is 7.91. The summed E-state index contributed by atoms with van der Waals surface area (Å²) in [6.45, 7) is 1.71. The molecule has 1 saturated heterocycles. The van der Waals surface area contributed by atoms with Crippen molar-refractivity contribution in [2.24, 2.45) is 4.99 Å². The maximum atomic E-state index is 12.8. The van der Waals surface area contributed by atoms with Crippen molar-refractivity contribution in [2.45, 2.75) is 36.7 Å². The predicted octanol–water partition coefficient (Wildman–Crippen LogP) is 3.10. The summed E-state index contributed by atoms with van der Waals surface area (Å²) in [4.78, 5) is 20.3. The van der Waals surface area contributed by atoms with E-state index in [0.29, 0.717) is 24.7 Å². The monoisotopic (exact) mass is 507 g/mol. The zero-order chi connectivity index (χ0) is 23.4. The Kier molecular flexibility index (Phi) is 7.53. The molecule has 1 amide bonds. The fourth-order valence-corrected chi connectivity index (χ4v) is 6.23. The van der Waals surface area contributed by atoms with Gasteiger partial charge in [0.05, 0.1) is 23.3 Å². The Morgan fingerprint density at radius 1 is 1.15 bits per heavy atom. The van der Waals surface area contributed by atoms with E-state index >= 15 is 0 Å². The second kappa shape index (κ2) is 10.4. The molecule has 2 aromatic carbocycles. The van der Waals surface area contributed by atoms with Crippen molar-refractivity contribution >= 4 is 49.5 Å². The van der Waals surface area contributed by atoms with Crippen LogP contribution in [-0.4, -0.2) is 60.4 Å². The minimum absolute atomic E-state index is 0.0375. The third-order valence-electron chi connectivity index (χ3n) is 5.83. The van der Waals surface area contributed by atoms with Gasteiger partial charge in [-0.3, -0.25) is 9.79 Å². The van der Waals surface area contributed by atoms with Gasteiger partial charge in [0.2, 0.25) is 5.91 Å². The first-order chi connectivity index (χ1) is 15.9. The summed E-state index contributed by atoms with van der Waals surface area (Å²) in [5.41, 5.74) is 0. The lowest BCUT2D eigenvalue weighted by atomic mass is 10.1. The average Bonchev–Trinajstić information content (AvgIpc) is 3.24. The number of halogens is 1. The summed E-state index contributed by atoms with van der Waals surface area (Å²) < 4.78 is 27.6. The van der Waals surface area contributed by atoms with Crippen molar-refractivity contribution in [3.8, 4) is 0 Å². The molecule has 10 heteroatoms. The van der Waals surface area contributed by atoms with E-state index in [1.54, 1.807) is 41.3 Å². The Morgan fingerprint density at radius 3 is 2.64 bits per heavy atom. The molecular formula is C23H26ClN3O4S2. The smallest absolute Gasteiger partial charge is 0.223 e. The van der Waals surface area contributed by atoms with E-state index in [4.69, 9.17) is 21.7 Å². The molecule has 1 N–H and O–H groups in total. The molecule has 0 spiro atoms. The number of fused-ring (bicyclic) bond motifs is 1. The minimum Gasteiger partial charge on any atom is -0.395 e. The number of aliphatic hydroxyl groups excluding tert-OH is 1. The summed E-state index contributed by atoms with van der Waals surface area (Å²) in [6.07, 6.45) is 3.35. The molecule has 176 valence electrons. The lowest BCUT2D eigenvalue weighted by molar-refractivity contribution is -0.131. The number of thiazole rings is 1. The van der Waals surface area contributed by atoms with Crippen LogP contribution in [-0.2, 0) is 21.2 Å². The van der Waals surface area contributed by atoms with E-state index < -0.39 is 9.84 Å². The van der Waals surface area contributed by atoms with E-state index in [1.165, 1.54) is 11.3 Å². The number of hydrogen-bond acceptors (Lipinski definition) is 6. The molecule has 7 nitrogen and oxygen atoms in total. The molecular weight excluding hydrogens is 482 g/mol. The van der Waals surface area contributed by atoms with E-state index in [9.17, 15) is 13.2 Å². The highest BCUT2D eigenvalue weighted by Crippen LogP contribution is 2.24. The Bertz CT molecular complexity index is 1310. The van der Waals surface area contributed by atoms with Gasteiger partial charge in [-0.05, 0) is 47.9 Å². The fraction of sp³-hybridized carbons (Fsp3) is 0.391. The topological polar surface area (TPSA) is 92.0 Å². The molecule has 33 heavy (non-hydrogen) atoms. The number of piperidine rings is 1. The van der Waals surface area contributed by atoms with Crippen LogP contribution in [0.4, 0.5) is 0 Å². The molecule has 3 aromatic rings. The van der Waals surface area contributed by atoms with Crippen LogP contribution < -0.4 is 4.80 Å². The first kappa shape index (κ1) is 23.9. The summed E-state index contributed by atoms with van der Waals surface area (Å²) in [6, 6.07) is 10.4. The number of amides is 1. The summed E-state index contributed by atoms with van der Waals surface area (Å²) in [5, 5.41) is 13.4. The van der Waals surface area contributed by atoms with Crippen molar-refractivity contribution in [3.63, 3.8) is 0 Å². The molecule has 0 aliphatic carbocycles. The van der Waals surface area contributed by atoms with E-state index in [2.05, 4.69) is 0 Å². The Hall–Kier alpha value is -2.20. The summed E-state index contributed by atoms with van der Waals surface area (Å²) in [7, 11) is -3.57. The number of carbonyl (C=O) groups is 1. The van der Waals surface area contributed by atoms with Crippen LogP contribution in [0.3, 0.4) is 0 Å². The molecule has 1 aliphatic heterocycles. The number of sulfone groups is 1. The maximum absolute atomic E-state index is 12.8. The second-order valence-electron chi connectivity index (χ2n) is 8.07. The largest absolute Gasteiger partial charge is 0.395 e. The van der Waals surface area contributed by atoms with Gasteiger partial charge in [-0.25, -0.2) is 8.42 Å². The van der Waals surface area contributed by atoms with Crippen molar-refractivity contribution < 1.29 is 18.3 Å². The van der Waals surface area contributed by atoms with Crippen LogP contribution in [0.1, 0.15) is 19.3 Å². The Labute approximate surface area is 201 Å². The highest BCUT2D eigenvalue weighted by Gasteiger charge is 2.24. The second-order valence-corrected chi connectivity index (χ2v) is 11.5. The number of nitrogens with zero attached hydrogens (tertiary/aromatic N) is 3. The van der Waals surface area contributed by atoms with E-state index in [0.717, 1.165) is 28.4 Å². The Balaban J connectivity index is 1.33. The van der Waals surface area contributed by atoms with Gasteiger partial charge in [0.1, 0.15) is 0 Å². The van der Waals surface area contributed by atoms with Crippen molar-refractivity contribution in [1.82, 2.24) is 9.47 Å². The molecule has 0 unspecified atom stereocenters. The van der Waals surface area contributed by atoms with Crippen LogP contribution in [0, 0.1) is 0 Å². The number of aliphatic hydroxyl groups is 1. The minimum atomic E-state index is -3.57. The van der Waals surface area contributed by atoms with Gasteiger partial charge in [0.25, 0.3) is 0 Å². The first-order valence-electron chi connectivity index (χ1n) is 10.8. The number of hydrogen-bond donors (Lipinski definition) is 1. The van der Waals surface area contributed by atoms with Crippen LogP contribution >= 0.6 is 22.9 Å². The summed E-state index contributed by atoms with van der Waals surface area (Å²) >= 11 is 7.53. The van der Waals surface area contributed by atoms with Crippen molar-refractivity contribution in [3.05, 3.63) is 57.8 Å². The zero-order valence-corrected chi connectivity index (χ0v) is 20.4. The van der Waals surface area contributed by atoms with Gasteiger partial charge >= 0.3 is 0 Å². The van der Waals surface area contributed by atoms with Gasteiger partial charge < -0.3 is 14.6 Å². The predicted molar refractivity (Wildman–Crippen MR) is 130 cm³/mol. The van der Waals surface area contributed by atoms with Gasteiger partial charge in [0.15, 0.2) is 14.6 Å². The zero-order valence-electron chi connectivity index (χ0n) is 18.1. The van der Waals surface area contributed by atoms with Crippen LogP contribution in [0.15, 0.2) is 57.9 Å². The molecule has 1 aliphatic rings. The van der Waals surface area contributed by atoms with Crippen LogP contribution in [0.2, 0.25) is 5.02 Å². The van der Waals surface area contributed by atoms with E-state index in [-0.39, 0.29) is 35.6 Å². The third kappa shape index (κ3) is 5.84. The maximum Gasteiger partial charge on any atom is 0.223 e.